The molecule has 0 aliphatic heterocycles. The SMILES string of the molecule is C=CCCCCC(O)C[N+](CC)(CC)C(CC)C(=O)O. The molecule has 118 valence electrons. The molecule has 0 amide bonds. The van der Waals surface area contributed by atoms with Crippen LogP contribution in [-0.4, -0.2) is 52.4 Å². The van der Waals surface area contributed by atoms with Gasteiger partial charge in [0.05, 0.1) is 13.1 Å². The summed E-state index contributed by atoms with van der Waals surface area (Å²) in [7, 11) is 0. The lowest BCUT2D eigenvalue weighted by molar-refractivity contribution is -0.943. The van der Waals surface area contributed by atoms with Crippen LogP contribution in [0.15, 0.2) is 12.7 Å². The van der Waals surface area contributed by atoms with Crippen molar-refractivity contribution in [1.82, 2.24) is 0 Å². The number of carboxylic acid groups (broad SMARTS) is 1. The van der Waals surface area contributed by atoms with E-state index in [0.717, 1.165) is 38.8 Å². The zero-order chi connectivity index (χ0) is 15.6. The molecule has 0 bridgehead atoms. The summed E-state index contributed by atoms with van der Waals surface area (Å²) in [5, 5.41) is 19.7. The van der Waals surface area contributed by atoms with Crippen LogP contribution < -0.4 is 0 Å². The molecule has 4 nitrogen and oxygen atoms in total. The molecule has 0 fully saturated rings. The van der Waals surface area contributed by atoms with Crippen molar-refractivity contribution < 1.29 is 19.5 Å². The zero-order valence-corrected chi connectivity index (χ0v) is 13.3. The second kappa shape index (κ2) is 9.94. The van der Waals surface area contributed by atoms with Gasteiger partial charge in [-0.05, 0) is 33.1 Å². The average molecular weight is 286 g/mol. The lowest BCUT2D eigenvalue weighted by atomic mass is 10.0. The third-order valence-electron chi connectivity index (χ3n) is 4.36. The summed E-state index contributed by atoms with van der Waals surface area (Å²) in [6, 6.07) is -0.423. The van der Waals surface area contributed by atoms with Gasteiger partial charge in [-0.1, -0.05) is 19.4 Å². The van der Waals surface area contributed by atoms with Crippen molar-refractivity contribution in [3.63, 3.8) is 0 Å². The van der Waals surface area contributed by atoms with Crippen LogP contribution in [0.25, 0.3) is 0 Å². The molecule has 0 spiro atoms. The maximum atomic E-state index is 11.5. The molecule has 2 unspecified atom stereocenters. The summed E-state index contributed by atoms with van der Waals surface area (Å²) in [6.07, 6.45) is 5.78. The molecule has 0 aliphatic rings. The summed E-state index contributed by atoms with van der Waals surface area (Å²) >= 11 is 0. The number of aliphatic hydroxyl groups excluding tert-OH is 1. The number of nitrogens with zero attached hydrogens (tertiary/aromatic N) is 1. The molecular weight excluding hydrogens is 254 g/mol. The maximum absolute atomic E-state index is 11.5. The molecule has 0 aromatic carbocycles. The molecule has 2 N–H and O–H groups in total. The summed E-state index contributed by atoms with van der Waals surface area (Å²) in [5.74, 6) is -0.755. The molecule has 0 aromatic rings. The number of rotatable bonds is 12. The van der Waals surface area contributed by atoms with Crippen LogP contribution in [0.3, 0.4) is 0 Å². The number of allylic oxidation sites excluding steroid dienone is 1. The first kappa shape index (κ1) is 19.1. The van der Waals surface area contributed by atoms with Crippen LogP contribution in [0.2, 0.25) is 0 Å². The van der Waals surface area contributed by atoms with Crippen LogP contribution in [0.5, 0.6) is 0 Å². The average Bonchev–Trinajstić information content (AvgIpc) is 2.42. The topological polar surface area (TPSA) is 57.5 Å². The molecule has 20 heavy (non-hydrogen) atoms. The van der Waals surface area contributed by atoms with Gasteiger partial charge in [-0.3, -0.25) is 0 Å². The first-order chi connectivity index (χ1) is 9.47. The van der Waals surface area contributed by atoms with E-state index in [-0.39, 0.29) is 0 Å². The van der Waals surface area contributed by atoms with Gasteiger partial charge in [0.1, 0.15) is 12.6 Å². The normalized spacial score (nSPS) is 14.8. The maximum Gasteiger partial charge on any atom is 0.362 e. The Morgan fingerprint density at radius 2 is 1.85 bits per heavy atom. The Balaban J connectivity index is 4.65. The molecule has 4 heteroatoms. The van der Waals surface area contributed by atoms with E-state index in [0.29, 0.717) is 17.4 Å². The minimum Gasteiger partial charge on any atom is -0.477 e. The van der Waals surface area contributed by atoms with Crippen molar-refractivity contribution in [1.29, 1.82) is 0 Å². The number of carboxylic acids is 1. The van der Waals surface area contributed by atoms with Gasteiger partial charge in [-0.25, -0.2) is 4.79 Å². The highest BCUT2D eigenvalue weighted by atomic mass is 16.4. The van der Waals surface area contributed by atoms with Gasteiger partial charge < -0.3 is 14.7 Å². The van der Waals surface area contributed by atoms with Gasteiger partial charge >= 0.3 is 5.97 Å². The van der Waals surface area contributed by atoms with Crippen molar-refractivity contribution in [3.05, 3.63) is 12.7 Å². The zero-order valence-electron chi connectivity index (χ0n) is 13.3. The van der Waals surface area contributed by atoms with E-state index in [9.17, 15) is 15.0 Å². The summed E-state index contributed by atoms with van der Waals surface area (Å²) in [4.78, 5) is 11.5. The first-order valence-electron chi connectivity index (χ1n) is 7.84. The predicted molar refractivity (Wildman–Crippen MR) is 82.6 cm³/mol. The minimum absolute atomic E-state index is 0.423. The smallest absolute Gasteiger partial charge is 0.362 e. The molecule has 0 saturated heterocycles. The fraction of sp³-hybridized carbons (Fsp3) is 0.812. The lowest BCUT2D eigenvalue weighted by Crippen LogP contribution is -2.61. The Hall–Kier alpha value is -0.870. The number of carbonyl (C=O) groups is 1. The fourth-order valence-corrected chi connectivity index (χ4v) is 3.03. The highest BCUT2D eigenvalue weighted by Gasteiger charge is 2.39. The predicted octanol–water partition coefficient (Wildman–Crippen LogP) is 2.81. The number of aliphatic carboxylic acids is 1. The molecule has 0 heterocycles. The number of quaternary nitrogens is 1. The van der Waals surface area contributed by atoms with Crippen molar-refractivity contribution in [3.8, 4) is 0 Å². The van der Waals surface area contributed by atoms with E-state index >= 15 is 0 Å². The highest BCUT2D eigenvalue weighted by Crippen LogP contribution is 2.20. The van der Waals surface area contributed by atoms with Crippen molar-refractivity contribution >= 4 is 5.97 Å². The van der Waals surface area contributed by atoms with Gasteiger partial charge in [-0.15, -0.1) is 6.58 Å². The van der Waals surface area contributed by atoms with Gasteiger partial charge in [0, 0.05) is 6.42 Å². The molecule has 2 atom stereocenters. The highest BCUT2D eigenvalue weighted by molar-refractivity contribution is 5.72. The number of hydrogen-bond donors (Lipinski definition) is 2. The Labute approximate surface area is 123 Å². The van der Waals surface area contributed by atoms with Gasteiger partial charge in [0.25, 0.3) is 0 Å². The standard InChI is InChI=1S/C16H31NO3/c1-5-9-10-11-12-14(18)13-17(7-3,8-4)15(6-2)16(19)20/h5,14-15,18H,1,6-13H2,2-4H3/p+1. The van der Waals surface area contributed by atoms with E-state index in [2.05, 4.69) is 6.58 Å². The second-order valence-electron chi connectivity index (χ2n) is 5.52. The van der Waals surface area contributed by atoms with Gasteiger partial charge in [0.15, 0.2) is 6.04 Å². The Bertz CT molecular complexity index is 287. The van der Waals surface area contributed by atoms with Crippen LogP contribution >= 0.6 is 0 Å². The fourth-order valence-electron chi connectivity index (χ4n) is 3.03. The molecular formula is C16H32NO3+. The monoisotopic (exact) mass is 286 g/mol. The Morgan fingerprint density at radius 1 is 1.25 bits per heavy atom. The van der Waals surface area contributed by atoms with E-state index in [1.165, 1.54) is 0 Å². The van der Waals surface area contributed by atoms with E-state index in [1.54, 1.807) is 0 Å². The molecule has 0 aliphatic carbocycles. The largest absolute Gasteiger partial charge is 0.477 e. The number of unbranched alkanes of at least 4 members (excludes halogenated alkanes) is 2. The molecule has 0 aromatic heterocycles. The van der Waals surface area contributed by atoms with E-state index < -0.39 is 18.1 Å². The molecule has 0 radical (unpaired) electrons. The molecule has 0 rings (SSSR count). The third kappa shape index (κ3) is 5.63. The summed E-state index contributed by atoms with van der Waals surface area (Å²) in [5.41, 5.74) is 0. The van der Waals surface area contributed by atoms with Crippen LogP contribution in [0, 0.1) is 0 Å². The van der Waals surface area contributed by atoms with Crippen LogP contribution in [0.1, 0.15) is 52.9 Å². The van der Waals surface area contributed by atoms with Crippen LogP contribution in [0.4, 0.5) is 0 Å². The van der Waals surface area contributed by atoms with Crippen molar-refractivity contribution in [2.24, 2.45) is 0 Å². The second-order valence-corrected chi connectivity index (χ2v) is 5.52. The first-order valence-corrected chi connectivity index (χ1v) is 7.84. The van der Waals surface area contributed by atoms with Gasteiger partial charge in [0.2, 0.25) is 0 Å². The number of aliphatic hydroxyl groups is 1. The van der Waals surface area contributed by atoms with E-state index in [4.69, 9.17) is 0 Å². The Kier molecular flexibility index (Phi) is 9.51. The summed E-state index contributed by atoms with van der Waals surface area (Å²) < 4.78 is 0.467. The molecule has 0 saturated carbocycles. The minimum atomic E-state index is -0.755. The quantitative estimate of drug-likeness (QED) is 0.329. The van der Waals surface area contributed by atoms with Gasteiger partial charge in [-0.2, -0.15) is 0 Å². The van der Waals surface area contributed by atoms with Crippen molar-refractivity contribution in [2.75, 3.05) is 19.6 Å². The van der Waals surface area contributed by atoms with Crippen molar-refractivity contribution in [2.45, 2.75) is 65.0 Å². The van der Waals surface area contributed by atoms with Crippen LogP contribution in [-0.2, 0) is 4.79 Å². The third-order valence-corrected chi connectivity index (χ3v) is 4.36. The number of hydrogen-bond acceptors (Lipinski definition) is 2. The Morgan fingerprint density at radius 3 is 2.25 bits per heavy atom. The number of likely N-dealkylation sites (N-methyl/N-ethyl adjacent to an activating group) is 1. The van der Waals surface area contributed by atoms with E-state index in [1.807, 2.05) is 26.8 Å². The summed E-state index contributed by atoms with van der Waals surface area (Å²) in [6.45, 7) is 11.6. The lowest BCUT2D eigenvalue weighted by Gasteiger charge is -2.42.